The maximum absolute atomic E-state index is 10.6. The van der Waals surface area contributed by atoms with Gasteiger partial charge in [0.15, 0.2) is 0 Å². The molecule has 2 aliphatic carbocycles. The Bertz CT molecular complexity index is 451. The molecule has 3 rings (SSSR count). The van der Waals surface area contributed by atoms with Crippen LogP contribution in [0.25, 0.3) is 0 Å². The third-order valence-electron chi connectivity index (χ3n) is 5.55. The molecule has 1 aromatic rings. The first-order valence-electron chi connectivity index (χ1n) is 8.55. The van der Waals surface area contributed by atoms with E-state index < -0.39 is 0 Å². The number of aliphatic hydroxyl groups excluding tert-OH is 1. The monoisotopic (exact) mass is 272 g/mol. The molecule has 0 amide bonds. The van der Waals surface area contributed by atoms with Crippen LogP contribution >= 0.6 is 0 Å². The van der Waals surface area contributed by atoms with Crippen molar-refractivity contribution in [2.45, 2.75) is 70.8 Å². The normalized spacial score (nSPS) is 27.3. The molecular formula is C19H28O. The summed E-state index contributed by atoms with van der Waals surface area (Å²) in [4.78, 5) is 0. The summed E-state index contributed by atoms with van der Waals surface area (Å²) in [5.41, 5.74) is 4.41. The fourth-order valence-corrected chi connectivity index (χ4v) is 4.21. The molecule has 1 aromatic carbocycles. The summed E-state index contributed by atoms with van der Waals surface area (Å²) >= 11 is 0. The number of aliphatic hydroxyl groups is 1. The molecule has 1 heteroatoms. The van der Waals surface area contributed by atoms with Gasteiger partial charge >= 0.3 is 0 Å². The topological polar surface area (TPSA) is 20.2 Å². The van der Waals surface area contributed by atoms with Gasteiger partial charge in [-0.1, -0.05) is 44.4 Å². The predicted octanol–water partition coefficient (Wildman–Crippen LogP) is 4.30. The Kier molecular flexibility index (Phi) is 4.45. The molecule has 3 atom stereocenters. The summed E-state index contributed by atoms with van der Waals surface area (Å²) < 4.78 is 0. The van der Waals surface area contributed by atoms with E-state index in [1.165, 1.54) is 68.1 Å². The third-order valence-corrected chi connectivity index (χ3v) is 5.55. The van der Waals surface area contributed by atoms with Crippen LogP contribution in [-0.4, -0.2) is 11.2 Å². The summed E-state index contributed by atoms with van der Waals surface area (Å²) in [7, 11) is 0. The van der Waals surface area contributed by atoms with Crippen molar-refractivity contribution in [3.63, 3.8) is 0 Å². The van der Waals surface area contributed by atoms with Gasteiger partial charge < -0.3 is 5.11 Å². The molecule has 1 fully saturated rings. The van der Waals surface area contributed by atoms with E-state index in [0.717, 1.165) is 12.3 Å². The Labute approximate surface area is 123 Å². The van der Waals surface area contributed by atoms with E-state index in [1.807, 2.05) is 0 Å². The van der Waals surface area contributed by atoms with Crippen LogP contribution in [0.3, 0.4) is 0 Å². The molecule has 1 nitrogen and oxygen atoms in total. The smallest absolute Gasteiger partial charge is 0.0608 e. The van der Waals surface area contributed by atoms with Crippen LogP contribution in [0.2, 0.25) is 0 Å². The van der Waals surface area contributed by atoms with E-state index >= 15 is 0 Å². The minimum atomic E-state index is -0.135. The van der Waals surface area contributed by atoms with Crippen molar-refractivity contribution in [1.82, 2.24) is 0 Å². The van der Waals surface area contributed by atoms with Gasteiger partial charge in [0.05, 0.1) is 6.10 Å². The average Bonchev–Trinajstić information content (AvgIpc) is 2.95. The molecule has 20 heavy (non-hydrogen) atoms. The van der Waals surface area contributed by atoms with E-state index in [0.29, 0.717) is 5.92 Å². The predicted molar refractivity (Wildman–Crippen MR) is 83.9 cm³/mol. The number of hydrogen-bond donors (Lipinski definition) is 1. The van der Waals surface area contributed by atoms with Crippen molar-refractivity contribution in [3.8, 4) is 0 Å². The van der Waals surface area contributed by atoms with Crippen molar-refractivity contribution in [1.29, 1.82) is 0 Å². The molecule has 0 aliphatic heterocycles. The minimum absolute atomic E-state index is 0.135. The van der Waals surface area contributed by atoms with Gasteiger partial charge in [-0.05, 0) is 67.1 Å². The second kappa shape index (κ2) is 6.30. The SMILES string of the molecule is CCC1CCCC(C(O)Cc2ccc3c(c2)CCC3)C1. The van der Waals surface area contributed by atoms with E-state index in [9.17, 15) is 5.11 Å². The molecule has 0 heterocycles. The van der Waals surface area contributed by atoms with Gasteiger partial charge in [0.2, 0.25) is 0 Å². The molecule has 0 saturated heterocycles. The highest BCUT2D eigenvalue weighted by Gasteiger charge is 2.26. The van der Waals surface area contributed by atoms with Crippen LogP contribution in [0.1, 0.15) is 62.1 Å². The van der Waals surface area contributed by atoms with Crippen LogP contribution in [0.4, 0.5) is 0 Å². The highest BCUT2D eigenvalue weighted by Crippen LogP contribution is 2.34. The lowest BCUT2D eigenvalue weighted by Crippen LogP contribution is -2.28. The number of fused-ring (bicyclic) bond motifs is 1. The first kappa shape index (κ1) is 14.1. The van der Waals surface area contributed by atoms with Crippen molar-refractivity contribution in [3.05, 3.63) is 34.9 Å². The molecule has 0 radical (unpaired) electrons. The Balaban J connectivity index is 1.62. The Morgan fingerprint density at radius 3 is 2.85 bits per heavy atom. The Morgan fingerprint density at radius 2 is 2.00 bits per heavy atom. The zero-order chi connectivity index (χ0) is 13.9. The van der Waals surface area contributed by atoms with Crippen molar-refractivity contribution >= 4 is 0 Å². The average molecular weight is 272 g/mol. The largest absolute Gasteiger partial charge is 0.392 e. The maximum atomic E-state index is 10.6. The zero-order valence-corrected chi connectivity index (χ0v) is 12.8. The van der Waals surface area contributed by atoms with Gasteiger partial charge in [-0.15, -0.1) is 0 Å². The molecule has 3 unspecified atom stereocenters. The molecule has 2 aliphatic rings. The van der Waals surface area contributed by atoms with Crippen LogP contribution < -0.4 is 0 Å². The van der Waals surface area contributed by atoms with Crippen LogP contribution in [0.15, 0.2) is 18.2 Å². The Hall–Kier alpha value is -0.820. The molecule has 0 aromatic heterocycles. The molecular weight excluding hydrogens is 244 g/mol. The molecule has 1 saturated carbocycles. The first-order chi connectivity index (χ1) is 9.76. The zero-order valence-electron chi connectivity index (χ0n) is 12.8. The van der Waals surface area contributed by atoms with Gasteiger partial charge in [-0.2, -0.15) is 0 Å². The number of rotatable bonds is 4. The second-order valence-electron chi connectivity index (χ2n) is 6.93. The summed E-state index contributed by atoms with van der Waals surface area (Å²) in [5.74, 6) is 1.38. The summed E-state index contributed by atoms with van der Waals surface area (Å²) in [6.45, 7) is 2.29. The number of hydrogen-bond acceptors (Lipinski definition) is 1. The van der Waals surface area contributed by atoms with Crippen LogP contribution in [-0.2, 0) is 19.3 Å². The van der Waals surface area contributed by atoms with Crippen molar-refractivity contribution < 1.29 is 5.11 Å². The van der Waals surface area contributed by atoms with Crippen LogP contribution in [0.5, 0.6) is 0 Å². The fourth-order valence-electron chi connectivity index (χ4n) is 4.21. The maximum Gasteiger partial charge on any atom is 0.0608 e. The number of benzene rings is 1. The Morgan fingerprint density at radius 1 is 1.15 bits per heavy atom. The van der Waals surface area contributed by atoms with Gasteiger partial charge in [0.1, 0.15) is 0 Å². The van der Waals surface area contributed by atoms with Gasteiger partial charge in [0, 0.05) is 0 Å². The van der Waals surface area contributed by atoms with E-state index in [4.69, 9.17) is 0 Å². The fraction of sp³-hybridized carbons (Fsp3) is 0.684. The van der Waals surface area contributed by atoms with Crippen LogP contribution in [0, 0.1) is 11.8 Å². The second-order valence-corrected chi connectivity index (χ2v) is 6.93. The minimum Gasteiger partial charge on any atom is -0.392 e. The van der Waals surface area contributed by atoms with E-state index in [2.05, 4.69) is 25.1 Å². The summed E-state index contributed by atoms with van der Waals surface area (Å²) in [5, 5.41) is 10.6. The molecule has 1 N–H and O–H groups in total. The lowest BCUT2D eigenvalue weighted by molar-refractivity contribution is 0.0685. The summed E-state index contributed by atoms with van der Waals surface area (Å²) in [6, 6.07) is 6.89. The van der Waals surface area contributed by atoms with Gasteiger partial charge in [0.25, 0.3) is 0 Å². The quantitative estimate of drug-likeness (QED) is 0.866. The van der Waals surface area contributed by atoms with Gasteiger partial charge in [-0.3, -0.25) is 0 Å². The number of aryl methyl sites for hydroxylation is 2. The van der Waals surface area contributed by atoms with Crippen molar-refractivity contribution in [2.24, 2.45) is 11.8 Å². The van der Waals surface area contributed by atoms with E-state index in [-0.39, 0.29) is 6.10 Å². The third kappa shape index (κ3) is 3.09. The summed E-state index contributed by atoms with van der Waals surface area (Å²) in [6.07, 6.45) is 10.9. The highest BCUT2D eigenvalue weighted by molar-refractivity contribution is 5.35. The standard InChI is InChI=1S/C19H28O/c1-2-14-5-3-8-18(11-14)19(20)13-15-9-10-16-6-4-7-17(16)12-15/h9-10,12,14,18-20H,2-8,11,13H2,1H3. The highest BCUT2D eigenvalue weighted by atomic mass is 16.3. The van der Waals surface area contributed by atoms with E-state index in [1.54, 1.807) is 0 Å². The molecule has 0 bridgehead atoms. The molecule has 0 spiro atoms. The molecule has 110 valence electrons. The first-order valence-corrected chi connectivity index (χ1v) is 8.55. The van der Waals surface area contributed by atoms with Gasteiger partial charge in [-0.25, -0.2) is 0 Å². The lowest BCUT2D eigenvalue weighted by Gasteiger charge is -2.31. The van der Waals surface area contributed by atoms with Crippen molar-refractivity contribution in [2.75, 3.05) is 0 Å². The lowest BCUT2D eigenvalue weighted by atomic mass is 9.76.